The Balaban J connectivity index is 4.59. The van der Waals surface area contributed by atoms with E-state index in [0.717, 1.165) is 0 Å². The van der Waals surface area contributed by atoms with Gasteiger partial charge in [-0.15, -0.1) is 0 Å². The van der Waals surface area contributed by atoms with E-state index in [-0.39, 0.29) is 9.49 Å². The molecule has 0 aliphatic heterocycles. The quantitative estimate of drug-likeness (QED) is 0.629. The second-order valence-electron chi connectivity index (χ2n) is 5.04. The molecule has 0 rings (SSSR count). The van der Waals surface area contributed by atoms with E-state index in [1.807, 2.05) is 6.26 Å². The molecule has 0 radical (unpaired) electrons. The third-order valence-electron chi connectivity index (χ3n) is 0.995. The van der Waals surface area contributed by atoms with Gasteiger partial charge in [-0.05, 0) is 6.26 Å². The fourth-order valence-electron chi connectivity index (χ4n) is 0.764. The molecule has 86 valence electrons. The first kappa shape index (κ1) is 15.3. The van der Waals surface area contributed by atoms with Crippen LogP contribution in [0.2, 0.25) is 0 Å². The first-order chi connectivity index (χ1) is 5.97. The molecule has 1 nitrogen and oxygen atoms in total. The molecule has 0 N–H and O–H groups in total. The summed E-state index contributed by atoms with van der Waals surface area (Å²) in [6, 6.07) is 0. The topological polar surface area (TPSA) is 17.1 Å². The minimum absolute atomic E-state index is 0.0663. The van der Waals surface area contributed by atoms with E-state index in [9.17, 15) is 4.57 Å². The van der Waals surface area contributed by atoms with Crippen LogP contribution in [0, 0.1) is 0 Å². The lowest BCUT2D eigenvalue weighted by Crippen LogP contribution is -2.09. The van der Waals surface area contributed by atoms with Crippen LogP contribution in [0.25, 0.3) is 0 Å². The van der Waals surface area contributed by atoms with Crippen LogP contribution in [0.3, 0.4) is 0 Å². The SMILES string of the molecule is CSP(=O)(SC(C)(C)C)SC(C)(C)C. The predicted octanol–water partition coefficient (Wildman–Crippen LogP) is 5.52. The predicted molar refractivity (Wildman–Crippen MR) is 75.8 cm³/mol. The van der Waals surface area contributed by atoms with Gasteiger partial charge < -0.3 is 0 Å². The molecule has 0 aromatic carbocycles. The standard InChI is InChI=1S/C9H21OPS3/c1-8(2,3)13-11(10,12-7)14-9(4,5)6/h1-7H3. The maximum atomic E-state index is 12.5. The van der Waals surface area contributed by atoms with Gasteiger partial charge in [-0.2, -0.15) is 0 Å². The van der Waals surface area contributed by atoms with Crippen LogP contribution in [0.4, 0.5) is 0 Å². The van der Waals surface area contributed by atoms with Crippen molar-refractivity contribution < 1.29 is 4.57 Å². The average molecular weight is 272 g/mol. The second kappa shape index (κ2) is 5.07. The molecule has 0 saturated carbocycles. The van der Waals surface area contributed by atoms with Gasteiger partial charge in [0, 0.05) is 9.49 Å². The summed E-state index contributed by atoms with van der Waals surface area (Å²) in [7, 11) is 0. The summed E-state index contributed by atoms with van der Waals surface area (Å²) >= 11 is 4.73. The summed E-state index contributed by atoms with van der Waals surface area (Å²) in [5.41, 5.74) is 0. The van der Waals surface area contributed by atoms with E-state index >= 15 is 0 Å². The molecular formula is C9H21OPS3. The van der Waals surface area contributed by atoms with Crippen LogP contribution < -0.4 is 0 Å². The van der Waals surface area contributed by atoms with Crippen molar-refractivity contribution in [3.05, 3.63) is 0 Å². The van der Waals surface area contributed by atoms with Gasteiger partial charge in [0.05, 0.1) is 0 Å². The molecule has 0 aromatic heterocycles. The first-order valence-corrected chi connectivity index (χ1v) is 10.9. The second-order valence-corrected chi connectivity index (χ2v) is 18.0. The maximum Gasteiger partial charge on any atom is 0.244 e. The number of hydrogen-bond acceptors (Lipinski definition) is 4. The Morgan fingerprint density at radius 3 is 1.29 bits per heavy atom. The molecule has 0 aliphatic rings. The zero-order chi connectivity index (χ0) is 11.6. The van der Waals surface area contributed by atoms with Crippen molar-refractivity contribution >= 4 is 38.9 Å². The van der Waals surface area contributed by atoms with Crippen molar-refractivity contribution in [2.24, 2.45) is 0 Å². The van der Waals surface area contributed by atoms with Gasteiger partial charge >= 0.3 is 0 Å². The van der Waals surface area contributed by atoms with Gasteiger partial charge in [0.25, 0.3) is 0 Å². The molecule has 0 heterocycles. The minimum atomic E-state index is -2.19. The van der Waals surface area contributed by atoms with E-state index in [4.69, 9.17) is 0 Å². The highest BCUT2D eigenvalue weighted by molar-refractivity contribution is 9.14. The summed E-state index contributed by atoms with van der Waals surface area (Å²) < 4.78 is 10.4. The zero-order valence-electron chi connectivity index (χ0n) is 10.1. The molecule has 0 saturated heterocycles. The largest absolute Gasteiger partial charge is 0.289 e. The highest BCUT2D eigenvalue weighted by Gasteiger charge is 2.33. The fourth-order valence-corrected chi connectivity index (χ4v) is 16.6. The molecular weight excluding hydrogens is 251 g/mol. The molecule has 0 unspecified atom stereocenters. The summed E-state index contributed by atoms with van der Waals surface area (Å²) in [4.78, 5) is 0. The lowest BCUT2D eigenvalue weighted by Gasteiger charge is -2.28. The summed E-state index contributed by atoms with van der Waals surface area (Å²) in [6.45, 7) is 12.7. The molecule has 0 bridgehead atoms. The lowest BCUT2D eigenvalue weighted by molar-refractivity contribution is 0.600. The van der Waals surface area contributed by atoms with Crippen molar-refractivity contribution in [1.82, 2.24) is 0 Å². The van der Waals surface area contributed by atoms with Crippen molar-refractivity contribution in [2.45, 2.75) is 51.0 Å². The molecule has 14 heavy (non-hydrogen) atoms. The van der Waals surface area contributed by atoms with Crippen molar-refractivity contribution in [1.29, 1.82) is 0 Å². The van der Waals surface area contributed by atoms with Crippen LogP contribution in [-0.4, -0.2) is 15.7 Å². The highest BCUT2D eigenvalue weighted by atomic mass is 33.4. The first-order valence-electron chi connectivity index (χ1n) is 4.55. The van der Waals surface area contributed by atoms with Crippen molar-refractivity contribution in [3.63, 3.8) is 0 Å². The smallest absolute Gasteiger partial charge is 0.244 e. The van der Waals surface area contributed by atoms with Crippen LogP contribution in [0.15, 0.2) is 0 Å². The highest BCUT2D eigenvalue weighted by Crippen LogP contribution is 2.81. The van der Waals surface area contributed by atoms with Gasteiger partial charge in [0.1, 0.15) is 0 Å². The Bertz CT molecular complexity index is 207. The third-order valence-corrected chi connectivity index (χ3v) is 14.3. The number of rotatable bonds is 3. The Morgan fingerprint density at radius 2 is 1.14 bits per heavy atom. The van der Waals surface area contributed by atoms with Crippen molar-refractivity contribution in [2.75, 3.05) is 6.26 Å². The van der Waals surface area contributed by atoms with E-state index in [2.05, 4.69) is 41.5 Å². The summed E-state index contributed by atoms with van der Waals surface area (Å²) in [6.07, 6.45) is 1.94. The third kappa shape index (κ3) is 7.56. The fraction of sp³-hybridized carbons (Fsp3) is 1.00. The van der Waals surface area contributed by atoms with E-state index < -0.39 is 4.75 Å². The van der Waals surface area contributed by atoms with Crippen LogP contribution in [0.5, 0.6) is 0 Å². The van der Waals surface area contributed by atoms with E-state index in [1.165, 1.54) is 11.4 Å². The number of hydrogen-bond donors (Lipinski definition) is 0. The Kier molecular flexibility index (Phi) is 5.54. The van der Waals surface area contributed by atoms with E-state index in [0.29, 0.717) is 0 Å². The normalized spacial score (nSPS) is 14.5. The molecule has 0 atom stereocenters. The van der Waals surface area contributed by atoms with Gasteiger partial charge in [-0.25, -0.2) is 0 Å². The lowest BCUT2D eigenvalue weighted by atomic mass is 10.3. The Labute approximate surface area is 101 Å². The van der Waals surface area contributed by atoms with Crippen LogP contribution >= 0.6 is 38.9 Å². The van der Waals surface area contributed by atoms with Gasteiger partial charge in [0.15, 0.2) is 0 Å². The summed E-state index contributed by atoms with van der Waals surface area (Å²) in [5.74, 6) is 0. The molecule has 5 heteroatoms. The van der Waals surface area contributed by atoms with Gasteiger partial charge in [-0.1, -0.05) is 75.7 Å². The maximum absolute atomic E-state index is 12.5. The van der Waals surface area contributed by atoms with Gasteiger partial charge in [-0.3, -0.25) is 4.57 Å². The van der Waals surface area contributed by atoms with Crippen molar-refractivity contribution in [3.8, 4) is 0 Å². The molecule has 0 aliphatic carbocycles. The molecule has 0 spiro atoms. The Hall–Kier alpha value is 1.28. The van der Waals surface area contributed by atoms with Crippen LogP contribution in [-0.2, 0) is 4.57 Å². The molecule has 0 fully saturated rings. The van der Waals surface area contributed by atoms with Crippen LogP contribution in [0.1, 0.15) is 41.5 Å². The summed E-state index contributed by atoms with van der Waals surface area (Å²) in [5, 5.41) is 0. The zero-order valence-corrected chi connectivity index (χ0v) is 13.4. The monoisotopic (exact) mass is 272 g/mol. The molecule has 0 aromatic rings. The molecule has 0 amide bonds. The van der Waals surface area contributed by atoms with E-state index in [1.54, 1.807) is 22.8 Å². The van der Waals surface area contributed by atoms with Gasteiger partial charge in [0.2, 0.25) is 4.75 Å². The minimum Gasteiger partial charge on any atom is -0.289 e. The Morgan fingerprint density at radius 1 is 0.857 bits per heavy atom. The average Bonchev–Trinajstić information content (AvgIpc) is 1.78.